The van der Waals surface area contributed by atoms with Crippen LogP contribution in [-0.2, 0) is 15.6 Å². The van der Waals surface area contributed by atoms with Crippen LogP contribution >= 0.6 is 0 Å². The molecule has 0 spiro atoms. The van der Waals surface area contributed by atoms with E-state index in [9.17, 15) is 13.5 Å². The van der Waals surface area contributed by atoms with Crippen molar-refractivity contribution in [2.45, 2.75) is 17.4 Å². The van der Waals surface area contributed by atoms with Gasteiger partial charge in [-0.3, -0.25) is 0 Å². The summed E-state index contributed by atoms with van der Waals surface area (Å²) in [5.41, 5.74) is -0.598. The molecule has 4 nitrogen and oxygen atoms in total. The van der Waals surface area contributed by atoms with Crippen LogP contribution in [-0.4, -0.2) is 20.1 Å². The molecule has 0 aliphatic carbocycles. The summed E-state index contributed by atoms with van der Waals surface area (Å²) in [6, 6.07) is 17.1. The van der Waals surface area contributed by atoms with E-state index in [2.05, 4.69) is 4.72 Å². The zero-order valence-corrected chi connectivity index (χ0v) is 12.0. The standard InChI is InChI=1S/C15H17NO3S/c1-15(17,13-8-4-2-5-9-13)12-16-20(18,19)14-10-6-3-7-11-14/h2-11,16-17H,12H2,1H3/t15-/m0/s1. The van der Waals surface area contributed by atoms with Crippen molar-refractivity contribution in [2.24, 2.45) is 0 Å². The number of benzene rings is 2. The number of aliphatic hydroxyl groups is 1. The fourth-order valence-electron chi connectivity index (χ4n) is 1.82. The maximum Gasteiger partial charge on any atom is 0.240 e. The molecule has 0 saturated heterocycles. The van der Waals surface area contributed by atoms with Crippen molar-refractivity contribution < 1.29 is 13.5 Å². The lowest BCUT2D eigenvalue weighted by Gasteiger charge is -2.24. The number of nitrogens with one attached hydrogen (secondary N) is 1. The normalized spacial score (nSPS) is 14.7. The summed E-state index contributed by atoms with van der Waals surface area (Å²) < 4.78 is 26.6. The fraction of sp³-hybridized carbons (Fsp3) is 0.200. The Morgan fingerprint density at radius 1 is 1.00 bits per heavy atom. The van der Waals surface area contributed by atoms with Gasteiger partial charge in [0, 0.05) is 6.54 Å². The minimum Gasteiger partial charge on any atom is -0.384 e. The average Bonchev–Trinajstić information content (AvgIpc) is 2.47. The highest BCUT2D eigenvalue weighted by molar-refractivity contribution is 7.89. The van der Waals surface area contributed by atoms with Crippen molar-refractivity contribution in [2.75, 3.05) is 6.54 Å². The second kappa shape index (κ2) is 5.75. The van der Waals surface area contributed by atoms with Crippen molar-refractivity contribution in [1.82, 2.24) is 4.72 Å². The van der Waals surface area contributed by atoms with Crippen LogP contribution in [0.15, 0.2) is 65.6 Å². The van der Waals surface area contributed by atoms with Crippen LogP contribution in [0.2, 0.25) is 0 Å². The quantitative estimate of drug-likeness (QED) is 0.884. The van der Waals surface area contributed by atoms with Gasteiger partial charge < -0.3 is 5.11 Å². The highest BCUT2D eigenvalue weighted by atomic mass is 32.2. The van der Waals surface area contributed by atoms with E-state index in [1.807, 2.05) is 6.07 Å². The zero-order valence-electron chi connectivity index (χ0n) is 11.2. The van der Waals surface area contributed by atoms with Gasteiger partial charge in [-0.15, -0.1) is 0 Å². The van der Waals surface area contributed by atoms with E-state index < -0.39 is 15.6 Å². The van der Waals surface area contributed by atoms with E-state index in [1.165, 1.54) is 12.1 Å². The third-order valence-electron chi connectivity index (χ3n) is 3.06. The Morgan fingerprint density at radius 3 is 2.05 bits per heavy atom. The van der Waals surface area contributed by atoms with Crippen molar-refractivity contribution in [1.29, 1.82) is 0 Å². The van der Waals surface area contributed by atoms with Crippen molar-refractivity contribution in [3.05, 3.63) is 66.2 Å². The smallest absolute Gasteiger partial charge is 0.240 e. The first-order valence-corrected chi connectivity index (χ1v) is 7.73. The Morgan fingerprint density at radius 2 is 1.50 bits per heavy atom. The Hall–Kier alpha value is -1.69. The van der Waals surface area contributed by atoms with Gasteiger partial charge in [-0.05, 0) is 24.6 Å². The molecule has 106 valence electrons. The van der Waals surface area contributed by atoms with Gasteiger partial charge in [0.25, 0.3) is 0 Å². The van der Waals surface area contributed by atoms with E-state index in [1.54, 1.807) is 49.4 Å². The van der Waals surface area contributed by atoms with Crippen LogP contribution in [0.1, 0.15) is 12.5 Å². The summed E-state index contributed by atoms with van der Waals surface area (Å²) in [6.45, 7) is 1.49. The molecule has 0 aromatic heterocycles. The molecular formula is C15H17NO3S. The summed E-state index contributed by atoms with van der Waals surface area (Å²) in [4.78, 5) is 0.184. The van der Waals surface area contributed by atoms with Gasteiger partial charge >= 0.3 is 0 Å². The number of hydrogen-bond acceptors (Lipinski definition) is 3. The molecule has 1 atom stereocenters. The van der Waals surface area contributed by atoms with Gasteiger partial charge in [0.05, 0.1) is 4.90 Å². The lowest BCUT2D eigenvalue weighted by molar-refractivity contribution is 0.0627. The van der Waals surface area contributed by atoms with Gasteiger partial charge in [0.15, 0.2) is 0 Å². The van der Waals surface area contributed by atoms with Crippen LogP contribution in [0.4, 0.5) is 0 Å². The molecule has 2 N–H and O–H groups in total. The number of sulfonamides is 1. The lowest BCUT2D eigenvalue weighted by Crippen LogP contribution is -2.38. The minimum atomic E-state index is -3.61. The third kappa shape index (κ3) is 3.45. The first kappa shape index (κ1) is 14.7. The molecule has 0 saturated carbocycles. The predicted octanol–water partition coefficient (Wildman–Crippen LogP) is 1.87. The Kier molecular flexibility index (Phi) is 4.23. The molecule has 0 aliphatic rings. The monoisotopic (exact) mass is 291 g/mol. The Balaban J connectivity index is 2.12. The lowest BCUT2D eigenvalue weighted by atomic mass is 9.97. The summed E-state index contributed by atoms with van der Waals surface area (Å²) in [6.07, 6.45) is 0. The SMILES string of the molecule is C[C@](O)(CNS(=O)(=O)c1ccccc1)c1ccccc1. The van der Waals surface area contributed by atoms with Crippen LogP contribution < -0.4 is 4.72 Å². The largest absolute Gasteiger partial charge is 0.384 e. The summed E-state index contributed by atoms with van der Waals surface area (Å²) >= 11 is 0. The molecule has 0 bridgehead atoms. The topological polar surface area (TPSA) is 66.4 Å². The molecule has 2 aromatic rings. The molecule has 0 fully saturated rings. The van der Waals surface area contributed by atoms with E-state index in [0.717, 1.165) is 0 Å². The Bertz CT molecular complexity index is 652. The summed E-state index contributed by atoms with van der Waals surface area (Å²) in [7, 11) is -3.61. The molecule has 0 radical (unpaired) electrons. The van der Waals surface area contributed by atoms with Gasteiger partial charge in [0.1, 0.15) is 5.60 Å². The second-order valence-electron chi connectivity index (χ2n) is 4.78. The van der Waals surface area contributed by atoms with Gasteiger partial charge in [-0.2, -0.15) is 0 Å². The zero-order chi connectivity index (χ0) is 14.6. The van der Waals surface area contributed by atoms with Crippen molar-refractivity contribution >= 4 is 10.0 Å². The van der Waals surface area contributed by atoms with E-state index in [-0.39, 0.29) is 11.4 Å². The van der Waals surface area contributed by atoms with Crippen LogP contribution in [0.5, 0.6) is 0 Å². The summed E-state index contributed by atoms with van der Waals surface area (Å²) in [5, 5.41) is 10.4. The highest BCUT2D eigenvalue weighted by Gasteiger charge is 2.25. The minimum absolute atomic E-state index is 0.0890. The molecule has 2 aromatic carbocycles. The van der Waals surface area contributed by atoms with E-state index in [0.29, 0.717) is 5.56 Å². The van der Waals surface area contributed by atoms with Gasteiger partial charge in [0.2, 0.25) is 10.0 Å². The molecular weight excluding hydrogens is 274 g/mol. The van der Waals surface area contributed by atoms with Crippen LogP contribution in [0, 0.1) is 0 Å². The van der Waals surface area contributed by atoms with Crippen molar-refractivity contribution in [3.8, 4) is 0 Å². The van der Waals surface area contributed by atoms with E-state index in [4.69, 9.17) is 0 Å². The first-order valence-electron chi connectivity index (χ1n) is 6.24. The predicted molar refractivity (Wildman–Crippen MR) is 77.6 cm³/mol. The molecule has 2 rings (SSSR count). The number of hydrogen-bond donors (Lipinski definition) is 2. The van der Waals surface area contributed by atoms with E-state index >= 15 is 0 Å². The maximum atomic E-state index is 12.1. The molecule has 5 heteroatoms. The van der Waals surface area contributed by atoms with Gasteiger partial charge in [-0.1, -0.05) is 48.5 Å². The highest BCUT2D eigenvalue weighted by Crippen LogP contribution is 2.20. The maximum absolute atomic E-state index is 12.1. The van der Waals surface area contributed by atoms with Crippen LogP contribution in [0.25, 0.3) is 0 Å². The second-order valence-corrected chi connectivity index (χ2v) is 6.54. The Labute approximate surface area is 119 Å². The molecule has 0 aliphatic heterocycles. The number of rotatable bonds is 5. The molecule has 20 heavy (non-hydrogen) atoms. The molecule has 0 amide bonds. The first-order chi connectivity index (χ1) is 9.42. The van der Waals surface area contributed by atoms with Crippen LogP contribution in [0.3, 0.4) is 0 Å². The molecule has 0 heterocycles. The third-order valence-corrected chi connectivity index (χ3v) is 4.47. The summed E-state index contributed by atoms with van der Waals surface area (Å²) in [5.74, 6) is 0. The van der Waals surface area contributed by atoms with Crippen molar-refractivity contribution in [3.63, 3.8) is 0 Å². The van der Waals surface area contributed by atoms with Gasteiger partial charge in [-0.25, -0.2) is 13.1 Å². The average molecular weight is 291 g/mol. The molecule has 0 unspecified atom stereocenters. The fourth-order valence-corrected chi connectivity index (χ4v) is 2.97.